The van der Waals surface area contributed by atoms with E-state index in [0.717, 1.165) is 49.7 Å². The van der Waals surface area contributed by atoms with Crippen molar-refractivity contribution in [2.24, 2.45) is 0 Å². The van der Waals surface area contributed by atoms with E-state index in [-0.39, 0.29) is 79.9 Å². The van der Waals surface area contributed by atoms with Crippen LogP contribution in [0.5, 0.6) is 0 Å². The number of hydrogen-bond donors (Lipinski definition) is 7. The maximum Gasteiger partial charge on any atom is 0.246 e. The van der Waals surface area contributed by atoms with Gasteiger partial charge in [-0.05, 0) is 134 Å². The predicted octanol–water partition coefficient (Wildman–Crippen LogP) is 3.06. The number of likely N-dealkylation sites (tertiary alicyclic amines) is 2. The molecule has 0 spiro atoms. The Hall–Kier alpha value is -4.77. The van der Waals surface area contributed by atoms with Crippen LogP contribution >= 0.6 is 24.8 Å². The van der Waals surface area contributed by atoms with Gasteiger partial charge in [-0.2, -0.15) is 0 Å². The van der Waals surface area contributed by atoms with E-state index in [0.29, 0.717) is 51.6 Å². The number of nitrogens with zero attached hydrogens (tertiary/aromatic N) is 2. The summed E-state index contributed by atoms with van der Waals surface area (Å²) in [6, 6.07) is 11.3. The number of benzene rings is 2. The number of aryl methyl sites for hydroxylation is 2. The highest BCUT2D eigenvalue weighted by Gasteiger charge is 2.41. The van der Waals surface area contributed by atoms with Crippen molar-refractivity contribution in [1.29, 1.82) is 0 Å². The van der Waals surface area contributed by atoms with Crippen molar-refractivity contribution in [2.75, 3.05) is 33.7 Å². The summed E-state index contributed by atoms with van der Waals surface area (Å²) in [6.07, 6.45) is 8.64. The van der Waals surface area contributed by atoms with Crippen molar-refractivity contribution < 1.29 is 33.6 Å². The van der Waals surface area contributed by atoms with Gasteiger partial charge in [0.15, 0.2) is 0 Å². The second-order valence-corrected chi connectivity index (χ2v) is 17.9. The predicted molar refractivity (Wildman–Crippen MR) is 257 cm³/mol. The highest BCUT2D eigenvalue weighted by Crippen LogP contribution is 2.32. The van der Waals surface area contributed by atoms with E-state index >= 15 is 0 Å². The molecule has 0 unspecified atom stereocenters. The van der Waals surface area contributed by atoms with Crippen LogP contribution in [0.4, 0.5) is 0 Å². The molecule has 0 bridgehead atoms. The summed E-state index contributed by atoms with van der Waals surface area (Å²) in [5, 5.41) is 20.7. The molecule has 2 aliphatic carbocycles. The van der Waals surface area contributed by atoms with Gasteiger partial charge in [-0.3, -0.25) is 33.6 Å². The Morgan fingerprint density at radius 1 is 0.606 bits per heavy atom. The third-order valence-electron chi connectivity index (χ3n) is 13.6. The van der Waals surface area contributed by atoms with Gasteiger partial charge in [0, 0.05) is 19.6 Å². The smallest absolute Gasteiger partial charge is 0.246 e. The highest BCUT2D eigenvalue weighted by molar-refractivity contribution is 5.96. The molecule has 2 fully saturated rings. The molecule has 2 heterocycles. The molecule has 7 N–H and O–H groups in total. The van der Waals surface area contributed by atoms with Crippen molar-refractivity contribution in [1.82, 2.24) is 47.0 Å². The number of rotatable bonds is 19. The minimum Gasteiger partial charge on any atom is -0.356 e. The van der Waals surface area contributed by atoms with Crippen LogP contribution in [0.25, 0.3) is 0 Å². The zero-order valence-electron chi connectivity index (χ0n) is 38.8. The first-order valence-electron chi connectivity index (χ1n) is 23.5. The Kier molecular flexibility index (Phi) is 21.2. The fraction of sp³-hybridized carbons (Fsp3) is 0.604. The number of amides is 7. The standard InChI is InChI=1S/C48H69N9O7.2ClH/c1-30(49-3)43(59)54-38(47(63)56-27-13-24-40(56)45(61)52-36-22-11-17-32-15-5-7-19-34(32)36)21-9-10-26-51-42(58)29-39(55-44(60)31(2)50-4)48(64)57-28-14-25-41(57)46(62)53-37-23-12-18-33-16-6-8-20-35(33)37;;/h5-8,15-16,19-20,30-31,36-41,49-50H,9-14,17-18,21-29H2,1-4H3,(H,51,58)(H,52,61)(H,53,62)(H,54,59)(H,55,60);2*1H/t30-,31-,36+,37+,38-,39-,40-,41-;;/m0../s1. The van der Waals surface area contributed by atoms with Crippen molar-refractivity contribution in [3.8, 4) is 0 Å². The van der Waals surface area contributed by atoms with Gasteiger partial charge < -0.3 is 47.0 Å². The first-order chi connectivity index (χ1) is 30.9. The van der Waals surface area contributed by atoms with E-state index in [1.165, 1.54) is 16.0 Å². The van der Waals surface area contributed by atoms with Crippen LogP contribution in [-0.4, -0.2) is 121 Å². The molecular weight excluding hydrogens is 885 g/mol. The summed E-state index contributed by atoms with van der Waals surface area (Å²) >= 11 is 0. The van der Waals surface area contributed by atoms with Gasteiger partial charge in [-0.1, -0.05) is 48.5 Å². The van der Waals surface area contributed by atoms with E-state index in [2.05, 4.69) is 55.4 Å². The average molecular weight is 957 g/mol. The second kappa shape index (κ2) is 26.0. The molecule has 18 heteroatoms. The molecule has 0 radical (unpaired) electrons. The molecule has 66 heavy (non-hydrogen) atoms. The van der Waals surface area contributed by atoms with Gasteiger partial charge in [0.05, 0.1) is 30.6 Å². The van der Waals surface area contributed by atoms with Crippen LogP contribution in [0.2, 0.25) is 0 Å². The molecule has 2 aliphatic heterocycles. The number of fused-ring (bicyclic) bond motifs is 2. The summed E-state index contributed by atoms with van der Waals surface area (Å²) < 4.78 is 0. The molecule has 2 saturated heterocycles. The molecule has 7 amide bonds. The largest absolute Gasteiger partial charge is 0.356 e. The number of carbonyl (C=O) groups is 7. The Morgan fingerprint density at radius 3 is 1.55 bits per heavy atom. The number of unbranched alkanes of at least 4 members (excludes halogenated alkanes) is 1. The number of likely N-dealkylation sites (N-methyl/N-ethyl adjacent to an activating group) is 2. The van der Waals surface area contributed by atoms with E-state index in [9.17, 15) is 33.6 Å². The number of halogens is 2. The third-order valence-corrected chi connectivity index (χ3v) is 13.6. The lowest BCUT2D eigenvalue weighted by atomic mass is 9.87. The maximum absolute atomic E-state index is 14.2. The average Bonchev–Trinajstić information content (AvgIpc) is 4.02. The summed E-state index contributed by atoms with van der Waals surface area (Å²) in [7, 11) is 3.29. The molecule has 2 aromatic carbocycles. The fourth-order valence-electron chi connectivity index (χ4n) is 9.62. The Labute approximate surface area is 401 Å². The normalized spacial score (nSPS) is 21.5. The Morgan fingerprint density at radius 2 is 1.06 bits per heavy atom. The molecule has 2 aromatic rings. The Bertz CT molecular complexity index is 2010. The second-order valence-electron chi connectivity index (χ2n) is 17.9. The molecule has 0 aromatic heterocycles. The molecule has 6 rings (SSSR count). The van der Waals surface area contributed by atoms with E-state index in [1.54, 1.807) is 32.8 Å². The molecular formula is C48H71Cl2N9O7. The summed E-state index contributed by atoms with van der Waals surface area (Å²) in [5.74, 6) is -2.47. The lowest BCUT2D eigenvalue weighted by molar-refractivity contribution is -0.143. The zero-order chi connectivity index (χ0) is 45.8. The van der Waals surface area contributed by atoms with E-state index < -0.39 is 54.0 Å². The number of hydrogen-bond acceptors (Lipinski definition) is 9. The molecule has 4 aliphatic rings. The zero-order valence-corrected chi connectivity index (χ0v) is 40.5. The minimum absolute atomic E-state index is 0. The molecule has 364 valence electrons. The topological polar surface area (TPSA) is 210 Å². The first-order valence-corrected chi connectivity index (χ1v) is 23.5. The van der Waals surface area contributed by atoms with Crippen LogP contribution in [0.3, 0.4) is 0 Å². The van der Waals surface area contributed by atoms with Gasteiger partial charge in [-0.25, -0.2) is 0 Å². The van der Waals surface area contributed by atoms with Gasteiger partial charge >= 0.3 is 0 Å². The van der Waals surface area contributed by atoms with E-state index in [4.69, 9.17) is 0 Å². The minimum atomic E-state index is -1.20. The van der Waals surface area contributed by atoms with Gasteiger partial charge in [0.1, 0.15) is 24.2 Å². The van der Waals surface area contributed by atoms with Crippen LogP contribution < -0.4 is 37.2 Å². The van der Waals surface area contributed by atoms with Crippen LogP contribution in [0.1, 0.15) is 125 Å². The van der Waals surface area contributed by atoms with Crippen molar-refractivity contribution >= 4 is 66.2 Å². The maximum atomic E-state index is 14.2. The third kappa shape index (κ3) is 13.7. The quantitative estimate of drug-likeness (QED) is 0.103. The van der Waals surface area contributed by atoms with E-state index in [1.807, 2.05) is 30.3 Å². The van der Waals surface area contributed by atoms with Crippen LogP contribution in [-0.2, 0) is 46.4 Å². The summed E-state index contributed by atoms with van der Waals surface area (Å²) in [4.78, 5) is 98.5. The SMILES string of the molecule is CN[C@@H](C)C(=O)N[C@@H](CCCCNC(=O)C[C@H](NC(=O)[C@H](C)NC)C(=O)N1CCC[C@H]1C(=O)N[C@@H]1CCCc2ccccc21)C(=O)N1CCC[C@H]1C(=O)N[C@@H]1CCCc2ccccc21.Cl.Cl. The lowest BCUT2D eigenvalue weighted by Gasteiger charge is -2.32. The van der Waals surface area contributed by atoms with Crippen LogP contribution in [0.15, 0.2) is 48.5 Å². The van der Waals surface area contributed by atoms with Crippen LogP contribution in [0, 0.1) is 0 Å². The fourth-order valence-corrected chi connectivity index (χ4v) is 9.62. The lowest BCUT2D eigenvalue weighted by Crippen LogP contribution is -2.56. The van der Waals surface area contributed by atoms with Gasteiger partial charge in [0.2, 0.25) is 41.4 Å². The summed E-state index contributed by atoms with van der Waals surface area (Å²) in [6.45, 7) is 4.31. The number of nitrogens with one attached hydrogen (secondary N) is 7. The Balaban J connectivity index is 0.00000476. The molecule has 0 saturated carbocycles. The first kappa shape index (κ1) is 53.8. The molecule has 16 nitrogen and oxygen atoms in total. The van der Waals surface area contributed by atoms with Crippen molar-refractivity contribution in [3.05, 3.63) is 70.8 Å². The monoisotopic (exact) mass is 955 g/mol. The molecule has 8 atom stereocenters. The van der Waals surface area contributed by atoms with Crippen molar-refractivity contribution in [3.63, 3.8) is 0 Å². The highest BCUT2D eigenvalue weighted by atomic mass is 35.5. The van der Waals surface area contributed by atoms with Crippen molar-refractivity contribution in [2.45, 2.75) is 152 Å². The summed E-state index contributed by atoms with van der Waals surface area (Å²) in [5.41, 5.74) is 4.65. The number of carbonyl (C=O) groups excluding carboxylic acids is 7. The van der Waals surface area contributed by atoms with Gasteiger partial charge in [0.25, 0.3) is 0 Å². The van der Waals surface area contributed by atoms with Gasteiger partial charge in [-0.15, -0.1) is 24.8 Å².